The number of carbonyl (C=O) groups excluding carboxylic acids is 1. The number of aryl methyl sites for hydroxylation is 3. The van der Waals surface area contributed by atoms with E-state index < -0.39 is 0 Å². The van der Waals surface area contributed by atoms with Crippen LogP contribution >= 0.6 is 0 Å². The number of hydrogen-bond acceptors (Lipinski definition) is 6. The molecule has 5 rings (SSSR count). The highest BCUT2D eigenvalue weighted by Gasteiger charge is 2.15. The monoisotopic (exact) mass is 553 g/mol. The Morgan fingerprint density at radius 3 is 2.63 bits per heavy atom. The average molecular weight is 554 g/mol. The van der Waals surface area contributed by atoms with Gasteiger partial charge in [-0.15, -0.1) is 5.10 Å². The highest BCUT2D eigenvalue weighted by molar-refractivity contribution is 5.94. The third-order valence-corrected chi connectivity index (χ3v) is 7.31. The van der Waals surface area contributed by atoms with Crippen LogP contribution in [-0.2, 0) is 25.8 Å². The molecule has 214 valence electrons. The van der Waals surface area contributed by atoms with Crippen LogP contribution in [-0.4, -0.2) is 37.4 Å². The summed E-state index contributed by atoms with van der Waals surface area (Å²) in [6, 6.07) is 17.9. The summed E-state index contributed by atoms with van der Waals surface area (Å²) in [6.07, 6.45) is 11.4. The van der Waals surface area contributed by atoms with Crippen LogP contribution in [0, 0.1) is 0 Å². The van der Waals surface area contributed by atoms with Gasteiger partial charge in [-0.1, -0.05) is 61.7 Å². The Morgan fingerprint density at radius 2 is 1.80 bits per heavy atom. The summed E-state index contributed by atoms with van der Waals surface area (Å²) >= 11 is 0. The van der Waals surface area contributed by atoms with Gasteiger partial charge in [0.15, 0.2) is 11.7 Å². The van der Waals surface area contributed by atoms with Crippen molar-refractivity contribution in [1.82, 2.24) is 30.3 Å². The summed E-state index contributed by atoms with van der Waals surface area (Å²) in [5, 5.41) is 12.6. The average Bonchev–Trinajstić information content (AvgIpc) is 3.71. The SMILES string of the molecule is CCCCCc1ccc(C(=O)NCCn2cc(CCCCCc3[nH]c(N)nc3-c3cc4ccccc4o3)nn2)cc1. The molecule has 0 radical (unpaired) electrons. The molecular formula is C32H39N7O2. The Labute approximate surface area is 240 Å². The van der Waals surface area contributed by atoms with Crippen molar-refractivity contribution in [3.05, 3.63) is 83.3 Å². The lowest BCUT2D eigenvalue weighted by molar-refractivity contribution is 0.0952. The van der Waals surface area contributed by atoms with E-state index in [-0.39, 0.29) is 5.91 Å². The molecule has 0 atom stereocenters. The van der Waals surface area contributed by atoms with Crippen LogP contribution in [0.15, 0.2) is 65.2 Å². The number of unbranched alkanes of at least 4 members (excludes halogenated alkanes) is 4. The fourth-order valence-electron chi connectivity index (χ4n) is 5.05. The van der Waals surface area contributed by atoms with Gasteiger partial charge in [-0.25, -0.2) is 4.98 Å². The first-order valence-electron chi connectivity index (χ1n) is 14.7. The number of anilines is 1. The smallest absolute Gasteiger partial charge is 0.251 e. The largest absolute Gasteiger partial charge is 0.454 e. The van der Waals surface area contributed by atoms with Gasteiger partial charge in [0, 0.05) is 29.4 Å². The number of rotatable bonds is 15. The second kappa shape index (κ2) is 13.8. The molecule has 5 aromatic rings. The molecule has 0 aliphatic heterocycles. The second-order valence-corrected chi connectivity index (χ2v) is 10.5. The van der Waals surface area contributed by atoms with Gasteiger partial charge in [-0.05, 0) is 68.4 Å². The zero-order valence-corrected chi connectivity index (χ0v) is 23.7. The molecule has 0 unspecified atom stereocenters. The lowest BCUT2D eigenvalue weighted by Crippen LogP contribution is -2.27. The normalized spacial score (nSPS) is 11.3. The number of fused-ring (bicyclic) bond motifs is 1. The van der Waals surface area contributed by atoms with Crippen LogP contribution in [0.3, 0.4) is 0 Å². The first-order chi connectivity index (χ1) is 20.1. The van der Waals surface area contributed by atoms with Crippen LogP contribution in [0.5, 0.6) is 0 Å². The van der Waals surface area contributed by atoms with Crippen molar-refractivity contribution in [2.75, 3.05) is 12.3 Å². The minimum Gasteiger partial charge on any atom is -0.454 e. The maximum atomic E-state index is 12.5. The molecule has 0 aliphatic rings. The fraction of sp³-hybridized carbons (Fsp3) is 0.375. The number of nitrogen functional groups attached to an aromatic ring is 1. The van der Waals surface area contributed by atoms with E-state index in [9.17, 15) is 4.79 Å². The predicted molar refractivity (Wildman–Crippen MR) is 161 cm³/mol. The molecule has 0 saturated carbocycles. The van der Waals surface area contributed by atoms with E-state index >= 15 is 0 Å². The molecule has 41 heavy (non-hydrogen) atoms. The number of nitrogens with zero attached hydrogens (tertiary/aromatic N) is 4. The lowest BCUT2D eigenvalue weighted by atomic mass is 10.1. The molecule has 3 heterocycles. The summed E-state index contributed by atoms with van der Waals surface area (Å²) in [6.45, 7) is 3.29. The molecule has 0 spiro atoms. The number of aromatic nitrogens is 5. The van der Waals surface area contributed by atoms with E-state index in [1.54, 1.807) is 4.68 Å². The van der Waals surface area contributed by atoms with E-state index in [4.69, 9.17) is 10.2 Å². The van der Waals surface area contributed by atoms with Crippen LogP contribution in [0.2, 0.25) is 0 Å². The first kappa shape index (κ1) is 28.1. The maximum absolute atomic E-state index is 12.5. The van der Waals surface area contributed by atoms with Gasteiger partial charge < -0.3 is 20.5 Å². The van der Waals surface area contributed by atoms with Gasteiger partial charge in [0.05, 0.1) is 12.2 Å². The molecule has 9 heteroatoms. The molecular weight excluding hydrogens is 514 g/mol. The van der Waals surface area contributed by atoms with Gasteiger partial charge in [-0.3, -0.25) is 9.48 Å². The van der Waals surface area contributed by atoms with Crippen molar-refractivity contribution in [2.24, 2.45) is 0 Å². The molecule has 2 aromatic carbocycles. The summed E-state index contributed by atoms with van der Waals surface area (Å²) in [7, 11) is 0. The van der Waals surface area contributed by atoms with Crippen LogP contribution in [0.4, 0.5) is 5.95 Å². The number of furan rings is 1. The third kappa shape index (κ3) is 7.63. The van der Waals surface area contributed by atoms with Gasteiger partial charge in [0.2, 0.25) is 0 Å². The first-order valence-corrected chi connectivity index (χ1v) is 14.7. The maximum Gasteiger partial charge on any atom is 0.251 e. The number of benzene rings is 2. The topological polar surface area (TPSA) is 128 Å². The molecule has 1 amide bonds. The summed E-state index contributed by atoms with van der Waals surface area (Å²) in [5.41, 5.74) is 11.5. The van der Waals surface area contributed by atoms with Crippen LogP contribution in [0.1, 0.15) is 72.8 Å². The fourth-order valence-corrected chi connectivity index (χ4v) is 5.05. The third-order valence-electron chi connectivity index (χ3n) is 7.31. The molecule has 0 fully saturated rings. The van der Waals surface area contributed by atoms with E-state index in [2.05, 4.69) is 44.7 Å². The Morgan fingerprint density at radius 1 is 1.00 bits per heavy atom. The molecule has 9 nitrogen and oxygen atoms in total. The summed E-state index contributed by atoms with van der Waals surface area (Å²) in [5.74, 6) is 1.07. The standard InChI is InChI=1S/C32H39N7O2/c1-2-3-5-10-23-15-17-24(18-16-23)31(40)34-19-20-39-22-26(37-38-39)12-6-4-7-13-27-30(36-32(33)35-27)29-21-25-11-8-9-14-28(25)41-29/h8-9,11,14-18,21-22H,2-7,10,12-13,19-20H2,1H3,(H,34,40)(H3,33,35,36). The highest BCUT2D eigenvalue weighted by Crippen LogP contribution is 2.30. The number of amides is 1. The van der Waals surface area contributed by atoms with Crippen molar-refractivity contribution < 1.29 is 9.21 Å². The summed E-state index contributed by atoms with van der Waals surface area (Å²) in [4.78, 5) is 20.2. The molecule has 3 aromatic heterocycles. The van der Waals surface area contributed by atoms with Crippen molar-refractivity contribution in [3.63, 3.8) is 0 Å². The Hall–Kier alpha value is -4.40. The van der Waals surface area contributed by atoms with E-state index in [0.29, 0.717) is 24.6 Å². The van der Waals surface area contributed by atoms with Gasteiger partial charge in [-0.2, -0.15) is 0 Å². The molecule has 0 saturated heterocycles. The highest BCUT2D eigenvalue weighted by atomic mass is 16.3. The number of H-pyrrole nitrogens is 1. The van der Waals surface area contributed by atoms with E-state index in [0.717, 1.165) is 72.3 Å². The Bertz CT molecular complexity index is 1510. The Balaban J connectivity index is 1.01. The van der Waals surface area contributed by atoms with Crippen molar-refractivity contribution in [2.45, 2.75) is 71.3 Å². The minimum absolute atomic E-state index is 0.0621. The van der Waals surface area contributed by atoms with Crippen molar-refractivity contribution >= 4 is 22.8 Å². The number of imidazole rings is 1. The van der Waals surface area contributed by atoms with Gasteiger partial charge in [0.1, 0.15) is 11.3 Å². The molecule has 0 aliphatic carbocycles. The van der Waals surface area contributed by atoms with Crippen LogP contribution in [0.25, 0.3) is 22.4 Å². The molecule has 4 N–H and O–H groups in total. The number of nitrogens with two attached hydrogens (primary N) is 1. The van der Waals surface area contributed by atoms with Gasteiger partial charge in [0.25, 0.3) is 5.91 Å². The lowest BCUT2D eigenvalue weighted by Gasteiger charge is -2.06. The second-order valence-electron chi connectivity index (χ2n) is 10.5. The van der Waals surface area contributed by atoms with Crippen molar-refractivity contribution in [1.29, 1.82) is 0 Å². The van der Waals surface area contributed by atoms with E-state index in [1.807, 2.05) is 48.7 Å². The number of aromatic amines is 1. The Kier molecular flexibility index (Phi) is 9.46. The van der Waals surface area contributed by atoms with Crippen molar-refractivity contribution in [3.8, 4) is 11.5 Å². The number of carbonyl (C=O) groups is 1. The number of nitrogens with one attached hydrogen (secondary N) is 2. The number of para-hydroxylation sites is 1. The zero-order chi connectivity index (χ0) is 28.4. The quantitative estimate of drug-likeness (QED) is 0.134. The number of hydrogen-bond donors (Lipinski definition) is 3. The van der Waals surface area contributed by atoms with Gasteiger partial charge >= 0.3 is 0 Å². The predicted octanol–water partition coefficient (Wildman–Crippen LogP) is 6.11. The zero-order valence-electron chi connectivity index (χ0n) is 23.7. The van der Waals surface area contributed by atoms with Crippen LogP contribution < -0.4 is 11.1 Å². The summed E-state index contributed by atoms with van der Waals surface area (Å²) < 4.78 is 7.79. The van der Waals surface area contributed by atoms with E-state index in [1.165, 1.54) is 24.8 Å². The minimum atomic E-state index is -0.0621. The molecule has 0 bridgehead atoms.